The third-order valence-corrected chi connectivity index (χ3v) is 4.29. The van der Waals surface area contributed by atoms with E-state index in [9.17, 15) is 9.90 Å². The summed E-state index contributed by atoms with van der Waals surface area (Å²) < 4.78 is 0. The van der Waals surface area contributed by atoms with Gasteiger partial charge < -0.3 is 5.11 Å². The van der Waals surface area contributed by atoms with Gasteiger partial charge in [0.2, 0.25) is 0 Å². The molecule has 0 bridgehead atoms. The van der Waals surface area contributed by atoms with Crippen molar-refractivity contribution in [1.82, 2.24) is 0 Å². The van der Waals surface area contributed by atoms with Crippen molar-refractivity contribution in [3.63, 3.8) is 0 Å². The molecular weight excluding hydrogens is 284 g/mol. The topological polar surface area (TPSA) is 37.3 Å². The van der Waals surface area contributed by atoms with Gasteiger partial charge in [0.1, 0.15) is 5.75 Å². The standard InChI is InChI=1S/C21H14O2/c1-13-17-4-2-3-5-19(17)21(23)20-12-15(8-11-18(13)20)14-6-9-16(22)10-7-14/h2-12,22H,1H2. The summed E-state index contributed by atoms with van der Waals surface area (Å²) in [7, 11) is 0. The van der Waals surface area contributed by atoms with Crippen molar-refractivity contribution in [1.29, 1.82) is 0 Å². The van der Waals surface area contributed by atoms with Crippen molar-refractivity contribution < 1.29 is 9.90 Å². The van der Waals surface area contributed by atoms with Crippen molar-refractivity contribution in [3.8, 4) is 16.9 Å². The number of aromatic hydroxyl groups is 1. The maximum Gasteiger partial charge on any atom is 0.194 e. The number of phenolic OH excluding ortho intramolecular Hbond substituents is 1. The third kappa shape index (κ3) is 2.08. The summed E-state index contributed by atoms with van der Waals surface area (Å²) in [5.74, 6) is 0.258. The number of fused-ring (bicyclic) bond motifs is 2. The summed E-state index contributed by atoms with van der Waals surface area (Å²) in [4.78, 5) is 12.8. The van der Waals surface area contributed by atoms with E-state index >= 15 is 0 Å². The summed E-state index contributed by atoms with van der Waals surface area (Å²) >= 11 is 0. The number of phenols is 1. The lowest BCUT2D eigenvalue weighted by Crippen LogP contribution is -2.13. The van der Waals surface area contributed by atoms with Gasteiger partial charge in [-0.15, -0.1) is 0 Å². The summed E-state index contributed by atoms with van der Waals surface area (Å²) in [6.07, 6.45) is 0. The Bertz CT molecular complexity index is 950. The van der Waals surface area contributed by atoms with E-state index < -0.39 is 0 Å². The predicted molar refractivity (Wildman–Crippen MR) is 91.6 cm³/mol. The molecule has 0 aliphatic heterocycles. The van der Waals surface area contributed by atoms with E-state index in [-0.39, 0.29) is 11.5 Å². The predicted octanol–water partition coefficient (Wildman–Crippen LogP) is 4.67. The average molecular weight is 298 g/mol. The second kappa shape index (κ2) is 4.96. The van der Waals surface area contributed by atoms with E-state index in [4.69, 9.17) is 0 Å². The van der Waals surface area contributed by atoms with Gasteiger partial charge in [0.25, 0.3) is 0 Å². The molecule has 0 fully saturated rings. The van der Waals surface area contributed by atoms with Crippen molar-refractivity contribution >= 4 is 11.4 Å². The van der Waals surface area contributed by atoms with Crippen LogP contribution < -0.4 is 0 Å². The molecule has 1 N–H and O–H groups in total. The molecule has 3 aromatic carbocycles. The van der Waals surface area contributed by atoms with Crippen LogP contribution in [-0.2, 0) is 0 Å². The first-order chi connectivity index (χ1) is 11.1. The Morgan fingerprint density at radius 1 is 0.696 bits per heavy atom. The van der Waals surface area contributed by atoms with Gasteiger partial charge in [-0.25, -0.2) is 0 Å². The zero-order valence-corrected chi connectivity index (χ0v) is 12.4. The van der Waals surface area contributed by atoms with E-state index in [1.54, 1.807) is 12.1 Å². The second-order valence-corrected chi connectivity index (χ2v) is 5.66. The Morgan fingerprint density at radius 2 is 1.30 bits per heavy atom. The minimum absolute atomic E-state index is 0.0311. The van der Waals surface area contributed by atoms with Crippen molar-refractivity contribution in [2.24, 2.45) is 0 Å². The van der Waals surface area contributed by atoms with E-state index in [0.29, 0.717) is 11.1 Å². The van der Waals surface area contributed by atoms with Crippen LogP contribution in [0.4, 0.5) is 0 Å². The lowest BCUT2D eigenvalue weighted by Gasteiger charge is -2.21. The summed E-state index contributed by atoms with van der Waals surface area (Å²) in [5, 5.41) is 9.42. The first-order valence-electron chi connectivity index (χ1n) is 7.42. The lowest BCUT2D eigenvalue weighted by molar-refractivity contribution is 0.103. The normalized spacial score (nSPS) is 12.7. The molecule has 1 aliphatic carbocycles. The number of carbonyl (C=O) groups is 1. The van der Waals surface area contributed by atoms with Crippen LogP contribution in [0.15, 0.2) is 73.3 Å². The van der Waals surface area contributed by atoms with Gasteiger partial charge in [-0.2, -0.15) is 0 Å². The number of ketones is 1. The molecule has 110 valence electrons. The lowest BCUT2D eigenvalue weighted by atomic mass is 9.81. The molecule has 2 nitrogen and oxygen atoms in total. The molecule has 3 aromatic rings. The van der Waals surface area contributed by atoms with E-state index in [1.165, 1.54) is 0 Å². The van der Waals surface area contributed by atoms with Crippen molar-refractivity contribution in [3.05, 3.63) is 95.6 Å². The molecule has 0 amide bonds. The molecule has 0 aromatic heterocycles. The van der Waals surface area contributed by atoms with Crippen LogP contribution in [0.25, 0.3) is 16.7 Å². The smallest absolute Gasteiger partial charge is 0.194 e. The molecule has 1 aliphatic rings. The van der Waals surface area contributed by atoms with Crippen LogP contribution in [0.5, 0.6) is 5.75 Å². The average Bonchev–Trinajstić information content (AvgIpc) is 2.60. The highest BCUT2D eigenvalue weighted by atomic mass is 16.3. The molecule has 0 atom stereocenters. The Labute approximate surface area is 134 Å². The summed E-state index contributed by atoms with van der Waals surface area (Å²) in [6, 6.07) is 20.4. The number of hydrogen-bond donors (Lipinski definition) is 1. The fourth-order valence-electron chi connectivity index (χ4n) is 3.06. The van der Waals surface area contributed by atoms with Gasteiger partial charge in [-0.05, 0) is 46.0 Å². The molecule has 0 saturated carbocycles. The molecule has 23 heavy (non-hydrogen) atoms. The van der Waals surface area contributed by atoms with Crippen molar-refractivity contribution in [2.45, 2.75) is 0 Å². The van der Waals surface area contributed by atoms with Gasteiger partial charge >= 0.3 is 0 Å². The SMILES string of the molecule is C=C1c2ccccc2C(=O)c2cc(-c3ccc(O)cc3)ccc21. The van der Waals surface area contributed by atoms with Crippen LogP contribution in [-0.4, -0.2) is 10.9 Å². The minimum atomic E-state index is 0.0311. The fraction of sp³-hybridized carbons (Fsp3) is 0. The first kappa shape index (κ1) is 13.5. The first-order valence-corrected chi connectivity index (χ1v) is 7.42. The zero-order chi connectivity index (χ0) is 16.0. The van der Waals surface area contributed by atoms with Gasteiger partial charge in [-0.1, -0.05) is 55.1 Å². The maximum absolute atomic E-state index is 12.8. The van der Waals surface area contributed by atoms with E-state index in [0.717, 1.165) is 27.8 Å². The minimum Gasteiger partial charge on any atom is -0.508 e. The Hall–Kier alpha value is -3.13. The highest BCUT2D eigenvalue weighted by Crippen LogP contribution is 2.36. The highest BCUT2D eigenvalue weighted by Gasteiger charge is 2.25. The van der Waals surface area contributed by atoms with Crippen molar-refractivity contribution in [2.75, 3.05) is 0 Å². The molecule has 0 saturated heterocycles. The van der Waals surface area contributed by atoms with Crippen LogP contribution in [0.2, 0.25) is 0 Å². The highest BCUT2D eigenvalue weighted by molar-refractivity contribution is 6.19. The maximum atomic E-state index is 12.8. The van der Waals surface area contributed by atoms with E-state index in [2.05, 4.69) is 6.58 Å². The van der Waals surface area contributed by atoms with Crippen LogP contribution >= 0.6 is 0 Å². The Morgan fingerprint density at radius 3 is 2.04 bits per heavy atom. The monoisotopic (exact) mass is 298 g/mol. The zero-order valence-electron chi connectivity index (χ0n) is 12.4. The van der Waals surface area contributed by atoms with Gasteiger partial charge in [-0.3, -0.25) is 4.79 Å². The summed E-state index contributed by atoms with van der Waals surface area (Å²) in [6.45, 7) is 4.16. The molecular formula is C21H14O2. The van der Waals surface area contributed by atoms with Gasteiger partial charge in [0, 0.05) is 11.1 Å². The largest absolute Gasteiger partial charge is 0.508 e. The van der Waals surface area contributed by atoms with Crippen LogP contribution in [0.3, 0.4) is 0 Å². The number of benzene rings is 3. The third-order valence-electron chi connectivity index (χ3n) is 4.29. The summed E-state index contributed by atoms with van der Waals surface area (Å²) in [5.41, 5.74) is 5.96. The molecule has 2 heteroatoms. The van der Waals surface area contributed by atoms with Crippen LogP contribution in [0, 0.1) is 0 Å². The van der Waals surface area contributed by atoms with Gasteiger partial charge in [0.05, 0.1) is 0 Å². The fourth-order valence-corrected chi connectivity index (χ4v) is 3.06. The molecule has 0 radical (unpaired) electrons. The van der Waals surface area contributed by atoms with E-state index in [1.807, 2.05) is 54.6 Å². The number of hydrogen-bond acceptors (Lipinski definition) is 2. The molecule has 4 rings (SSSR count). The number of carbonyl (C=O) groups excluding carboxylic acids is 1. The number of rotatable bonds is 1. The Kier molecular flexibility index (Phi) is 2.91. The molecule has 0 heterocycles. The quantitative estimate of drug-likeness (QED) is 0.554. The molecule has 0 spiro atoms. The van der Waals surface area contributed by atoms with Gasteiger partial charge in [0.15, 0.2) is 5.78 Å². The Balaban J connectivity index is 1.88. The second-order valence-electron chi connectivity index (χ2n) is 5.66. The van der Waals surface area contributed by atoms with Crippen LogP contribution in [0.1, 0.15) is 27.0 Å². The molecule has 0 unspecified atom stereocenters.